The topological polar surface area (TPSA) is 160 Å². The molecule has 0 spiro atoms. The maximum Gasteiger partial charge on any atom is 0.465 e. The second kappa shape index (κ2) is 9.49. The van der Waals surface area contributed by atoms with Crippen LogP contribution in [0.25, 0.3) is 0 Å². The molecule has 4 fully saturated rings. The Labute approximate surface area is 187 Å². The van der Waals surface area contributed by atoms with Gasteiger partial charge >= 0.3 is 39.2 Å². The highest BCUT2D eigenvalue weighted by Crippen LogP contribution is 2.54. The van der Waals surface area contributed by atoms with Gasteiger partial charge in [0.25, 0.3) is 0 Å². The van der Waals surface area contributed by atoms with Crippen LogP contribution in [0.15, 0.2) is 0 Å². The molecular weight excluding hydrogens is 474 g/mol. The van der Waals surface area contributed by atoms with Crippen LogP contribution in [0.3, 0.4) is 0 Å². The summed E-state index contributed by atoms with van der Waals surface area (Å²) in [6.45, 7) is -1.42. The van der Waals surface area contributed by atoms with E-state index < -0.39 is 46.5 Å². The monoisotopic (exact) mass is 498 g/mol. The fraction of sp³-hybridized carbons (Fsp3) is 0.789. The second-order valence-electron chi connectivity index (χ2n) is 8.71. The van der Waals surface area contributed by atoms with Crippen molar-refractivity contribution in [3.05, 3.63) is 0 Å². The molecule has 1 N–H and O–H groups in total. The van der Waals surface area contributed by atoms with E-state index in [1.54, 1.807) is 0 Å². The zero-order valence-corrected chi connectivity index (χ0v) is 18.3. The number of ether oxygens (including phenoxy) is 4. The van der Waals surface area contributed by atoms with Crippen molar-refractivity contribution in [2.75, 3.05) is 19.8 Å². The Bertz CT molecular complexity index is 919. The molecule has 0 aromatic rings. The van der Waals surface area contributed by atoms with Gasteiger partial charge in [-0.1, -0.05) is 0 Å². The average Bonchev–Trinajstić information content (AvgIpc) is 2.88. The molecule has 33 heavy (non-hydrogen) atoms. The first-order chi connectivity index (χ1) is 15.3. The summed E-state index contributed by atoms with van der Waals surface area (Å²) in [7, 11) is -5.99. The Morgan fingerprint density at radius 1 is 1.03 bits per heavy atom. The highest BCUT2D eigenvalue weighted by molar-refractivity contribution is 7.87. The molecule has 4 atom stereocenters. The van der Waals surface area contributed by atoms with Crippen molar-refractivity contribution in [3.8, 4) is 0 Å². The van der Waals surface area contributed by atoms with E-state index in [0.29, 0.717) is 18.8 Å². The van der Waals surface area contributed by atoms with Gasteiger partial charge in [-0.25, -0.2) is 4.79 Å². The predicted molar refractivity (Wildman–Crippen MR) is 101 cm³/mol. The summed E-state index contributed by atoms with van der Waals surface area (Å²) in [6.07, 6.45) is 2.86. The van der Waals surface area contributed by atoms with Gasteiger partial charge in [0.1, 0.15) is 19.3 Å². The summed E-state index contributed by atoms with van der Waals surface area (Å²) in [5.74, 6) is -4.07. The number of rotatable bonds is 10. The molecule has 2 saturated heterocycles. The minimum Gasteiger partial charge on any atom is -0.465 e. The standard InChI is InChI=1S/C19H24F2O11S/c20-19(21,33(26,27)28)17(25)30-4-3-29-14(22)1-2-15(23)31-10-18-7-11-5-12(8-18)16(24)32-13(6-11)9-18/h11-13H,1-10H2,(H,26,27,28). The molecule has 4 bridgehead atoms. The predicted octanol–water partition coefficient (Wildman–Crippen LogP) is 0.999. The van der Waals surface area contributed by atoms with Gasteiger partial charge in [0.2, 0.25) is 0 Å². The van der Waals surface area contributed by atoms with Crippen LogP contribution in [0.5, 0.6) is 0 Å². The van der Waals surface area contributed by atoms with Crippen LogP contribution in [0.2, 0.25) is 0 Å². The van der Waals surface area contributed by atoms with E-state index in [1.807, 2.05) is 0 Å². The van der Waals surface area contributed by atoms with E-state index in [9.17, 15) is 36.4 Å². The Morgan fingerprint density at radius 2 is 1.67 bits per heavy atom. The van der Waals surface area contributed by atoms with Crippen LogP contribution in [-0.4, -0.2) is 68.0 Å². The van der Waals surface area contributed by atoms with Gasteiger partial charge in [-0.3, -0.25) is 18.9 Å². The summed E-state index contributed by atoms with van der Waals surface area (Å²) < 4.78 is 74.4. The SMILES string of the molecule is O=C(CCC(=O)OCC12CC3CC(C1)OC(=O)C(C3)C2)OCCOC(=O)C(F)(F)S(=O)(=O)O. The number of carbonyl (C=O) groups is 4. The van der Waals surface area contributed by atoms with Gasteiger partial charge in [0, 0.05) is 5.41 Å². The lowest BCUT2D eigenvalue weighted by Gasteiger charge is -2.45. The van der Waals surface area contributed by atoms with Crippen molar-refractivity contribution in [2.45, 2.75) is 56.3 Å². The molecule has 4 rings (SSSR count). The molecule has 0 radical (unpaired) electrons. The van der Waals surface area contributed by atoms with E-state index in [-0.39, 0.29) is 42.9 Å². The third-order valence-electron chi connectivity index (χ3n) is 6.11. The van der Waals surface area contributed by atoms with E-state index in [2.05, 4.69) is 9.47 Å². The van der Waals surface area contributed by atoms with Crippen molar-refractivity contribution in [1.29, 1.82) is 0 Å². The van der Waals surface area contributed by atoms with E-state index in [1.165, 1.54) is 0 Å². The van der Waals surface area contributed by atoms with Crippen molar-refractivity contribution >= 4 is 34.0 Å². The molecule has 0 aromatic carbocycles. The smallest absolute Gasteiger partial charge is 0.465 e. The summed E-state index contributed by atoms with van der Waals surface area (Å²) in [5, 5.41) is -5.14. The molecule has 2 aliphatic heterocycles. The van der Waals surface area contributed by atoms with Crippen LogP contribution in [0.1, 0.15) is 44.9 Å². The van der Waals surface area contributed by atoms with Gasteiger partial charge in [0.15, 0.2) is 0 Å². The number of fused-ring (bicyclic) bond motifs is 1. The molecule has 14 heteroatoms. The Morgan fingerprint density at radius 3 is 2.33 bits per heavy atom. The lowest BCUT2D eigenvalue weighted by atomic mass is 9.59. The number of carbonyl (C=O) groups excluding carboxylic acids is 4. The summed E-state index contributed by atoms with van der Waals surface area (Å²) >= 11 is 0. The Balaban J connectivity index is 1.34. The fourth-order valence-electron chi connectivity index (χ4n) is 4.84. The molecular formula is C19H24F2O11S. The molecule has 2 heterocycles. The van der Waals surface area contributed by atoms with Crippen molar-refractivity contribution in [2.24, 2.45) is 17.3 Å². The number of alkyl halides is 2. The summed E-state index contributed by atoms with van der Waals surface area (Å²) in [5.41, 5.74) is -0.313. The lowest BCUT2D eigenvalue weighted by Crippen LogP contribution is -2.43. The van der Waals surface area contributed by atoms with E-state index >= 15 is 0 Å². The third-order valence-corrected chi connectivity index (χ3v) is 6.92. The Hall–Kier alpha value is -2.35. The number of halogens is 2. The van der Waals surface area contributed by atoms with Crippen LogP contribution in [0, 0.1) is 17.3 Å². The van der Waals surface area contributed by atoms with Crippen molar-refractivity contribution < 1.29 is 59.9 Å². The largest absolute Gasteiger partial charge is 0.465 e. The zero-order valence-electron chi connectivity index (χ0n) is 17.5. The first-order valence-corrected chi connectivity index (χ1v) is 11.8. The maximum atomic E-state index is 13.0. The quantitative estimate of drug-likeness (QED) is 0.198. The van der Waals surface area contributed by atoms with Gasteiger partial charge < -0.3 is 18.9 Å². The minimum absolute atomic E-state index is 0.124. The van der Waals surface area contributed by atoms with E-state index in [4.69, 9.17) is 14.0 Å². The molecule has 0 amide bonds. The molecule has 2 aliphatic carbocycles. The average molecular weight is 498 g/mol. The van der Waals surface area contributed by atoms with Crippen molar-refractivity contribution in [1.82, 2.24) is 0 Å². The second-order valence-corrected chi connectivity index (χ2v) is 10.2. The van der Waals surface area contributed by atoms with Crippen molar-refractivity contribution in [3.63, 3.8) is 0 Å². The van der Waals surface area contributed by atoms with Gasteiger partial charge in [-0.05, 0) is 38.0 Å². The first-order valence-electron chi connectivity index (χ1n) is 10.4. The maximum absolute atomic E-state index is 13.0. The molecule has 0 aromatic heterocycles. The fourth-order valence-corrected chi connectivity index (χ4v) is 5.11. The molecule has 11 nitrogen and oxygen atoms in total. The first kappa shape index (κ1) is 25.3. The molecule has 186 valence electrons. The number of esters is 4. The van der Waals surface area contributed by atoms with Gasteiger partial charge in [-0.2, -0.15) is 17.2 Å². The summed E-state index contributed by atoms with van der Waals surface area (Å²) in [4.78, 5) is 46.7. The molecule has 2 saturated carbocycles. The number of hydrogen-bond acceptors (Lipinski definition) is 10. The minimum atomic E-state index is -5.99. The van der Waals surface area contributed by atoms with Gasteiger partial charge in [0.05, 0.1) is 25.4 Å². The van der Waals surface area contributed by atoms with Crippen LogP contribution in [0.4, 0.5) is 8.78 Å². The molecule has 4 unspecified atom stereocenters. The van der Waals surface area contributed by atoms with Crippen LogP contribution in [-0.2, 0) is 48.2 Å². The van der Waals surface area contributed by atoms with Crippen LogP contribution < -0.4 is 0 Å². The van der Waals surface area contributed by atoms with Gasteiger partial charge in [-0.15, -0.1) is 0 Å². The van der Waals surface area contributed by atoms with Crippen LogP contribution >= 0.6 is 0 Å². The molecule has 4 aliphatic rings. The Kier molecular flexibility index (Phi) is 7.27. The highest BCUT2D eigenvalue weighted by atomic mass is 32.2. The van der Waals surface area contributed by atoms with E-state index in [0.717, 1.165) is 19.3 Å². The third kappa shape index (κ3) is 5.96. The normalized spacial score (nSPS) is 28.6. The number of hydrogen-bond donors (Lipinski definition) is 1. The summed E-state index contributed by atoms with van der Waals surface area (Å²) in [6, 6.07) is 0. The highest BCUT2D eigenvalue weighted by Gasteiger charge is 2.54. The lowest BCUT2D eigenvalue weighted by molar-refractivity contribution is -0.165. The zero-order chi connectivity index (χ0) is 24.4.